The number of anilines is 2. The average molecular weight is 372 g/mol. The van der Waals surface area contributed by atoms with E-state index in [1.54, 1.807) is 24.3 Å². The lowest BCUT2D eigenvalue weighted by molar-refractivity contribution is -0.0154. The van der Waals surface area contributed by atoms with Crippen LogP contribution in [0.1, 0.15) is 0 Å². The SMILES string of the molecule is OC[C@@H]1O[C@@H](Nc2cccc(N[C@H]3O[C@H](CO)[C@H](O)[C@@H]3O)c2)[C@H](O)[C@@H]1O. The van der Waals surface area contributed by atoms with Crippen molar-refractivity contribution in [3.05, 3.63) is 24.3 Å². The first-order valence-electron chi connectivity index (χ1n) is 8.32. The van der Waals surface area contributed by atoms with E-state index in [-0.39, 0.29) is 0 Å². The zero-order chi connectivity index (χ0) is 18.8. The van der Waals surface area contributed by atoms with Crippen molar-refractivity contribution < 1.29 is 40.1 Å². The van der Waals surface area contributed by atoms with E-state index in [1.165, 1.54) is 0 Å². The predicted molar refractivity (Wildman–Crippen MR) is 89.2 cm³/mol. The summed E-state index contributed by atoms with van der Waals surface area (Å²) < 4.78 is 10.7. The highest BCUT2D eigenvalue weighted by Crippen LogP contribution is 2.26. The lowest BCUT2D eigenvalue weighted by Gasteiger charge is -2.20. The first-order chi connectivity index (χ1) is 12.4. The molecule has 2 saturated heterocycles. The maximum absolute atomic E-state index is 9.97. The first kappa shape index (κ1) is 19.3. The Morgan fingerprint density at radius 2 is 1.15 bits per heavy atom. The molecule has 10 heteroatoms. The van der Waals surface area contributed by atoms with Crippen LogP contribution >= 0.6 is 0 Å². The van der Waals surface area contributed by atoms with E-state index in [2.05, 4.69) is 10.6 Å². The van der Waals surface area contributed by atoms with Crippen LogP contribution in [0.5, 0.6) is 0 Å². The number of rotatable bonds is 6. The number of aliphatic hydroxyl groups is 6. The zero-order valence-electron chi connectivity index (χ0n) is 13.8. The molecule has 1 aromatic rings. The van der Waals surface area contributed by atoms with Crippen LogP contribution in [0.3, 0.4) is 0 Å². The molecular formula is C16H24N2O8. The largest absolute Gasteiger partial charge is 0.394 e. The van der Waals surface area contributed by atoms with Crippen molar-refractivity contribution in [3.8, 4) is 0 Å². The highest BCUT2D eigenvalue weighted by Gasteiger charge is 2.43. The number of hydrogen-bond donors (Lipinski definition) is 8. The highest BCUT2D eigenvalue weighted by molar-refractivity contribution is 5.57. The third-order valence-electron chi connectivity index (χ3n) is 4.57. The van der Waals surface area contributed by atoms with Crippen molar-refractivity contribution >= 4 is 11.4 Å². The molecule has 8 atom stereocenters. The number of nitrogens with one attached hydrogen (secondary N) is 2. The summed E-state index contributed by atoms with van der Waals surface area (Å²) in [7, 11) is 0. The zero-order valence-corrected chi connectivity index (χ0v) is 13.8. The molecule has 0 amide bonds. The summed E-state index contributed by atoms with van der Waals surface area (Å²) in [5, 5.41) is 63.6. The van der Waals surface area contributed by atoms with Gasteiger partial charge in [-0.3, -0.25) is 0 Å². The van der Waals surface area contributed by atoms with E-state index < -0.39 is 62.3 Å². The molecule has 1 aromatic carbocycles. The molecule has 0 aromatic heterocycles. The molecule has 0 unspecified atom stereocenters. The maximum Gasteiger partial charge on any atom is 0.157 e. The van der Waals surface area contributed by atoms with Gasteiger partial charge in [0.05, 0.1) is 13.2 Å². The van der Waals surface area contributed by atoms with Crippen LogP contribution in [0.4, 0.5) is 11.4 Å². The lowest BCUT2D eigenvalue weighted by atomic mass is 10.1. The Kier molecular flexibility index (Phi) is 5.95. The van der Waals surface area contributed by atoms with Crippen molar-refractivity contribution in [3.63, 3.8) is 0 Å². The monoisotopic (exact) mass is 372 g/mol. The summed E-state index contributed by atoms with van der Waals surface area (Å²) in [5.74, 6) is 0. The van der Waals surface area contributed by atoms with Gasteiger partial charge < -0.3 is 50.7 Å². The topological polar surface area (TPSA) is 164 Å². The summed E-state index contributed by atoms with van der Waals surface area (Å²) in [6.45, 7) is -0.827. The maximum atomic E-state index is 9.97. The summed E-state index contributed by atoms with van der Waals surface area (Å²) in [5.41, 5.74) is 1.10. The number of aliphatic hydroxyl groups excluding tert-OH is 6. The summed E-state index contributed by atoms with van der Waals surface area (Å²) in [6, 6.07) is 6.77. The van der Waals surface area contributed by atoms with Crippen molar-refractivity contribution in [1.82, 2.24) is 0 Å². The fourth-order valence-corrected chi connectivity index (χ4v) is 3.06. The Labute approximate surface area is 149 Å². The van der Waals surface area contributed by atoms with Crippen LogP contribution < -0.4 is 10.6 Å². The molecule has 3 rings (SSSR count). The van der Waals surface area contributed by atoms with Crippen LogP contribution in [0.2, 0.25) is 0 Å². The van der Waals surface area contributed by atoms with Crippen molar-refractivity contribution in [2.24, 2.45) is 0 Å². The molecule has 2 aliphatic heterocycles. The van der Waals surface area contributed by atoms with Gasteiger partial charge in [-0.1, -0.05) is 6.07 Å². The van der Waals surface area contributed by atoms with Gasteiger partial charge in [-0.15, -0.1) is 0 Å². The number of hydrogen-bond acceptors (Lipinski definition) is 10. The van der Waals surface area contributed by atoms with Gasteiger partial charge in [-0.2, -0.15) is 0 Å². The van der Waals surface area contributed by atoms with Gasteiger partial charge >= 0.3 is 0 Å². The van der Waals surface area contributed by atoms with Gasteiger partial charge in [0.1, 0.15) is 36.6 Å². The van der Waals surface area contributed by atoms with Crippen LogP contribution in [0.15, 0.2) is 24.3 Å². The second-order valence-electron chi connectivity index (χ2n) is 6.39. The van der Waals surface area contributed by atoms with E-state index in [4.69, 9.17) is 19.7 Å². The van der Waals surface area contributed by atoms with Gasteiger partial charge in [-0.25, -0.2) is 0 Å². The van der Waals surface area contributed by atoms with E-state index in [1.807, 2.05) is 0 Å². The van der Waals surface area contributed by atoms with Gasteiger partial charge in [0.2, 0.25) is 0 Å². The Morgan fingerprint density at radius 1 is 0.731 bits per heavy atom. The number of benzene rings is 1. The number of ether oxygens (including phenoxy) is 2. The molecule has 2 aliphatic rings. The minimum absolute atomic E-state index is 0.413. The molecule has 26 heavy (non-hydrogen) atoms. The summed E-state index contributed by atoms with van der Waals surface area (Å²) in [6.07, 6.45) is -8.34. The van der Waals surface area contributed by atoms with Gasteiger partial charge in [0.25, 0.3) is 0 Å². The van der Waals surface area contributed by atoms with Gasteiger partial charge in [-0.05, 0) is 18.2 Å². The Hall–Kier alpha value is -1.50. The Bertz CT molecular complexity index is 558. The van der Waals surface area contributed by atoms with E-state index >= 15 is 0 Å². The Morgan fingerprint density at radius 3 is 1.50 bits per heavy atom. The molecule has 8 N–H and O–H groups in total. The van der Waals surface area contributed by atoms with Gasteiger partial charge in [0.15, 0.2) is 12.5 Å². The molecule has 0 bridgehead atoms. The normalized spacial score (nSPS) is 39.9. The first-order valence-corrected chi connectivity index (χ1v) is 8.32. The summed E-state index contributed by atoms with van der Waals surface area (Å²) >= 11 is 0. The second kappa shape index (κ2) is 8.03. The van der Waals surface area contributed by atoms with Crippen molar-refractivity contribution in [1.29, 1.82) is 0 Å². The molecule has 2 fully saturated rings. The van der Waals surface area contributed by atoms with Crippen LogP contribution in [0.25, 0.3) is 0 Å². The quantitative estimate of drug-likeness (QED) is 0.265. The molecular weight excluding hydrogens is 348 g/mol. The van der Waals surface area contributed by atoms with E-state index in [0.717, 1.165) is 0 Å². The standard InChI is InChI=1S/C16H24N2O8/c19-5-9-11(21)13(23)15(25-9)17-7-2-1-3-8(4-7)18-16-14(24)12(22)10(6-20)26-16/h1-4,9-24H,5-6H2/t9-,10+,11+,12-,13+,14-,15+,16-. The van der Waals surface area contributed by atoms with Crippen LogP contribution in [-0.2, 0) is 9.47 Å². The van der Waals surface area contributed by atoms with Gasteiger partial charge in [0, 0.05) is 11.4 Å². The fraction of sp³-hybridized carbons (Fsp3) is 0.625. The fourth-order valence-electron chi connectivity index (χ4n) is 3.06. The van der Waals surface area contributed by atoms with E-state index in [9.17, 15) is 20.4 Å². The third-order valence-corrected chi connectivity index (χ3v) is 4.57. The molecule has 146 valence electrons. The minimum atomic E-state index is -1.20. The molecule has 0 saturated carbocycles. The highest BCUT2D eigenvalue weighted by atomic mass is 16.6. The van der Waals surface area contributed by atoms with Crippen molar-refractivity contribution in [2.75, 3.05) is 23.8 Å². The van der Waals surface area contributed by atoms with Crippen LogP contribution in [-0.4, -0.2) is 92.9 Å². The predicted octanol–water partition coefficient (Wildman–Crippen LogP) is -2.61. The molecule has 0 aliphatic carbocycles. The second-order valence-corrected chi connectivity index (χ2v) is 6.39. The molecule has 10 nitrogen and oxygen atoms in total. The minimum Gasteiger partial charge on any atom is -0.394 e. The molecule has 0 spiro atoms. The smallest absolute Gasteiger partial charge is 0.157 e. The average Bonchev–Trinajstić information content (AvgIpc) is 3.06. The lowest BCUT2D eigenvalue weighted by Crippen LogP contribution is -2.37. The van der Waals surface area contributed by atoms with Crippen molar-refractivity contribution in [2.45, 2.75) is 49.1 Å². The molecule has 0 radical (unpaired) electrons. The van der Waals surface area contributed by atoms with E-state index in [0.29, 0.717) is 11.4 Å². The third kappa shape index (κ3) is 3.77. The molecule has 2 heterocycles. The van der Waals surface area contributed by atoms with Crippen LogP contribution in [0, 0.1) is 0 Å². The Balaban J connectivity index is 1.64. The summed E-state index contributed by atoms with van der Waals surface area (Å²) in [4.78, 5) is 0.